The molecule has 0 fully saturated rings. The largest absolute Gasteiger partial charge is 0.383 e. The molecule has 0 bridgehead atoms. The number of ether oxygens (including phenoxy) is 1. The van der Waals surface area contributed by atoms with Gasteiger partial charge in [0.1, 0.15) is 5.83 Å². The van der Waals surface area contributed by atoms with Crippen LogP contribution in [0.4, 0.5) is 4.39 Å². The van der Waals surface area contributed by atoms with Crippen LogP contribution in [-0.2, 0) is 14.3 Å². The Morgan fingerprint density at radius 2 is 1.69 bits per heavy atom. The van der Waals surface area contributed by atoms with Crippen molar-refractivity contribution in [2.75, 3.05) is 26.8 Å². The summed E-state index contributed by atoms with van der Waals surface area (Å²) in [5, 5.41) is 6.07. The zero-order valence-corrected chi connectivity index (χ0v) is 26.5. The van der Waals surface area contributed by atoms with Crippen molar-refractivity contribution in [2.24, 2.45) is 5.92 Å². The van der Waals surface area contributed by atoms with Crippen molar-refractivity contribution in [1.82, 2.24) is 15.5 Å². The average molecular weight is 570 g/mol. The van der Waals surface area contributed by atoms with E-state index in [9.17, 15) is 14.0 Å². The van der Waals surface area contributed by atoms with E-state index in [4.69, 9.17) is 16.3 Å². The van der Waals surface area contributed by atoms with Gasteiger partial charge in [0.2, 0.25) is 5.91 Å². The van der Waals surface area contributed by atoms with Gasteiger partial charge in [-0.3, -0.25) is 9.59 Å². The fraction of sp³-hybridized carbons (Fsp3) is 0.677. The van der Waals surface area contributed by atoms with Crippen LogP contribution < -0.4 is 10.6 Å². The molecule has 0 aromatic carbocycles. The maximum absolute atomic E-state index is 13.7. The van der Waals surface area contributed by atoms with Crippen LogP contribution in [-0.4, -0.2) is 61.6 Å². The standard InChI is InChI=1S/C31H53ClFN3O3/c1-10-15-26(31(38)35-27(12-3)21-39-9)17-16-22(6)24(8)36(14-5)19-18-23(7)34-30(37)25(11-2)20-28(32)29(33)13-4/h15-17,20,22-24,27H,10-14,18-19,21H2,1-9H3,(H,34,37)(H,35,38)/b17-16-,25-20+,26-15+,29-28-. The molecule has 0 rings (SSSR count). The molecule has 39 heavy (non-hydrogen) atoms. The third-order valence-corrected chi connectivity index (χ3v) is 7.29. The highest BCUT2D eigenvalue weighted by Gasteiger charge is 2.20. The first-order valence-electron chi connectivity index (χ1n) is 14.5. The van der Waals surface area contributed by atoms with Crippen molar-refractivity contribution in [2.45, 2.75) is 106 Å². The normalized spacial score (nSPS) is 16.6. The number of methoxy groups -OCH3 is 1. The summed E-state index contributed by atoms with van der Waals surface area (Å²) in [5.74, 6) is -0.512. The van der Waals surface area contributed by atoms with Gasteiger partial charge in [0, 0.05) is 36.9 Å². The summed E-state index contributed by atoms with van der Waals surface area (Å²) in [6.45, 7) is 18.2. The topological polar surface area (TPSA) is 70.7 Å². The summed E-state index contributed by atoms with van der Waals surface area (Å²) in [6.07, 6.45) is 10.4. The lowest BCUT2D eigenvalue weighted by molar-refractivity contribution is -0.119. The van der Waals surface area contributed by atoms with E-state index in [1.807, 2.05) is 39.8 Å². The van der Waals surface area contributed by atoms with E-state index in [0.717, 1.165) is 32.4 Å². The fourth-order valence-corrected chi connectivity index (χ4v) is 4.33. The van der Waals surface area contributed by atoms with Crippen LogP contribution in [0, 0.1) is 5.92 Å². The van der Waals surface area contributed by atoms with Crippen molar-refractivity contribution in [3.05, 3.63) is 46.3 Å². The van der Waals surface area contributed by atoms with Crippen LogP contribution in [0.1, 0.15) is 87.5 Å². The highest BCUT2D eigenvalue weighted by atomic mass is 35.5. The molecule has 2 N–H and O–H groups in total. The Balaban J connectivity index is 5.19. The van der Waals surface area contributed by atoms with Gasteiger partial charge in [-0.05, 0) is 64.5 Å². The van der Waals surface area contributed by atoms with E-state index in [1.54, 1.807) is 14.0 Å². The number of carbonyl (C=O) groups excluding carboxylic acids is 2. The molecule has 0 aromatic rings. The first-order valence-corrected chi connectivity index (χ1v) is 14.8. The van der Waals surface area contributed by atoms with Gasteiger partial charge in [0.25, 0.3) is 5.91 Å². The van der Waals surface area contributed by atoms with E-state index in [0.29, 0.717) is 24.2 Å². The molecular formula is C31H53ClFN3O3. The van der Waals surface area contributed by atoms with Crippen molar-refractivity contribution >= 4 is 23.4 Å². The lowest BCUT2D eigenvalue weighted by Gasteiger charge is -2.32. The van der Waals surface area contributed by atoms with E-state index in [1.165, 1.54) is 6.08 Å². The highest BCUT2D eigenvalue weighted by molar-refractivity contribution is 6.31. The van der Waals surface area contributed by atoms with Crippen LogP contribution in [0.2, 0.25) is 0 Å². The maximum Gasteiger partial charge on any atom is 0.251 e. The molecule has 0 saturated carbocycles. The molecule has 0 aliphatic carbocycles. The molecule has 0 heterocycles. The number of nitrogens with zero attached hydrogens (tertiary/aromatic N) is 1. The quantitative estimate of drug-likeness (QED) is 0.132. The van der Waals surface area contributed by atoms with E-state index < -0.39 is 5.83 Å². The number of hydrogen-bond donors (Lipinski definition) is 2. The van der Waals surface area contributed by atoms with Gasteiger partial charge in [-0.15, -0.1) is 0 Å². The SMILES string of the molecule is CC/C=C(\C=C/C(C)C(C)N(CC)CCC(C)NC(=O)/C(=C/C(Cl)=C(/F)CC)CC)C(=O)NC(CC)COC. The van der Waals surface area contributed by atoms with Crippen LogP contribution in [0.5, 0.6) is 0 Å². The number of amides is 2. The molecule has 0 aromatic heterocycles. The van der Waals surface area contributed by atoms with Gasteiger partial charge in [0.15, 0.2) is 0 Å². The van der Waals surface area contributed by atoms with Crippen molar-refractivity contribution in [1.29, 1.82) is 0 Å². The molecule has 0 spiro atoms. The van der Waals surface area contributed by atoms with Crippen LogP contribution in [0.15, 0.2) is 46.3 Å². The molecule has 0 aliphatic rings. The minimum atomic E-state index is -0.423. The Bertz CT molecular complexity index is 869. The lowest BCUT2D eigenvalue weighted by Crippen LogP contribution is -2.41. The molecule has 224 valence electrons. The Hall–Kier alpha value is -1.96. The second-order valence-corrected chi connectivity index (χ2v) is 10.4. The molecule has 0 saturated heterocycles. The minimum Gasteiger partial charge on any atom is -0.383 e. The van der Waals surface area contributed by atoms with Crippen LogP contribution >= 0.6 is 11.6 Å². The number of rotatable bonds is 19. The lowest BCUT2D eigenvalue weighted by atomic mass is 9.99. The maximum atomic E-state index is 13.7. The van der Waals surface area contributed by atoms with E-state index in [2.05, 4.69) is 42.4 Å². The summed E-state index contributed by atoms with van der Waals surface area (Å²) >= 11 is 6.00. The predicted octanol–water partition coefficient (Wildman–Crippen LogP) is 6.83. The van der Waals surface area contributed by atoms with Gasteiger partial charge in [0.05, 0.1) is 17.7 Å². The second-order valence-electron chi connectivity index (χ2n) is 9.98. The highest BCUT2D eigenvalue weighted by Crippen LogP contribution is 2.19. The van der Waals surface area contributed by atoms with Crippen molar-refractivity contribution < 1.29 is 18.7 Å². The summed E-state index contributed by atoms with van der Waals surface area (Å²) < 4.78 is 18.9. The summed E-state index contributed by atoms with van der Waals surface area (Å²) in [4.78, 5) is 27.9. The van der Waals surface area contributed by atoms with Gasteiger partial charge in [-0.25, -0.2) is 4.39 Å². The first-order chi connectivity index (χ1) is 18.5. The molecule has 2 amide bonds. The smallest absolute Gasteiger partial charge is 0.251 e. The molecule has 8 heteroatoms. The zero-order chi connectivity index (χ0) is 30.0. The Morgan fingerprint density at radius 1 is 1.03 bits per heavy atom. The van der Waals surface area contributed by atoms with E-state index in [-0.39, 0.29) is 47.3 Å². The predicted molar refractivity (Wildman–Crippen MR) is 162 cm³/mol. The Morgan fingerprint density at radius 3 is 2.21 bits per heavy atom. The number of halogens is 2. The number of nitrogens with one attached hydrogen (secondary N) is 2. The van der Waals surface area contributed by atoms with Gasteiger partial charge >= 0.3 is 0 Å². The van der Waals surface area contributed by atoms with Gasteiger partial charge < -0.3 is 20.3 Å². The molecular weight excluding hydrogens is 517 g/mol. The average Bonchev–Trinajstić information content (AvgIpc) is 2.92. The molecule has 4 unspecified atom stereocenters. The summed E-state index contributed by atoms with van der Waals surface area (Å²) in [6, 6.07) is 0.171. The number of hydrogen-bond acceptors (Lipinski definition) is 4. The third-order valence-electron chi connectivity index (χ3n) is 6.97. The zero-order valence-electron chi connectivity index (χ0n) is 25.7. The number of carbonyl (C=O) groups is 2. The fourth-order valence-electron chi connectivity index (χ4n) is 4.06. The van der Waals surface area contributed by atoms with Crippen molar-refractivity contribution in [3.63, 3.8) is 0 Å². The summed E-state index contributed by atoms with van der Waals surface area (Å²) in [5.41, 5.74) is 1.13. The van der Waals surface area contributed by atoms with Crippen molar-refractivity contribution in [3.8, 4) is 0 Å². The molecule has 6 nitrogen and oxygen atoms in total. The van der Waals surface area contributed by atoms with Gasteiger partial charge in [-0.1, -0.05) is 71.4 Å². The first kappa shape index (κ1) is 37.0. The minimum absolute atomic E-state index is 0.0135. The second kappa shape index (κ2) is 20.9. The van der Waals surface area contributed by atoms with E-state index >= 15 is 0 Å². The van der Waals surface area contributed by atoms with Crippen LogP contribution in [0.3, 0.4) is 0 Å². The molecule has 0 radical (unpaired) electrons. The monoisotopic (exact) mass is 569 g/mol. The van der Waals surface area contributed by atoms with Gasteiger partial charge in [-0.2, -0.15) is 0 Å². The summed E-state index contributed by atoms with van der Waals surface area (Å²) in [7, 11) is 1.64. The molecule has 0 aliphatic heterocycles. The Labute approximate surface area is 242 Å². The number of allylic oxidation sites excluding steroid dienone is 4. The van der Waals surface area contributed by atoms with Crippen LogP contribution in [0.25, 0.3) is 0 Å². The third kappa shape index (κ3) is 14.3. The Kier molecular flexibility index (Phi) is 19.8. The molecule has 4 atom stereocenters.